The van der Waals surface area contributed by atoms with E-state index in [2.05, 4.69) is 10.7 Å². The number of hydrogen-bond donors (Lipinski definition) is 3. The molecule has 1 fully saturated rings. The van der Waals surface area contributed by atoms with E-state index in [0.29, 0.717) is 12.8 Å². The van der Waals surface area contributed by atoms with E-state index in [1.165, 1.54) is 0 Å². The Hall–Kier alpha value is -3.88. The Balaban J connectivity index is 1.65. The summed E-state index contributed by atoms with van der Waals surface area (Å²) in [5.74, 6) is -1.57. The summed E-state index contributed by atoms with van der Waals surface area (Å²) in [6, 6.07) is 16.4. The van der Waals surface area contributed by atoms with Crippen LogP contribution in [0.5, 0.6) is 0 Å². The summed E-state index contributed by atoms with van der Waals surface area (Å²) >= 11 is 0. The fourth-order valence-corrected chi connectivity index (χ4v) is 3.70. The van der Waals surface area contributed by atoms with Crippen LogP contribution in [0.4, 0.5) is 10.5 Å². The highest BCUT2D eigenvalue weighted by Gasteiger charge is 2.48. The van der Waals surface area contributed by atoms with Crippen molar-refractivity contribution in [1.29, 1.82) is 0 Å². The molecule has 1 atom stereocenters. The lowest BCUT2D eigenvalue weighted by Gasteiger charge is -2.25. The molecule has 0 aromatic heterocycles. The van der Waals surface area contributed by atoms with Crippen LogP contribution >= 0.6 is 0 Å². The molecule has 2 aromatic carbocycles. The number of urea groups is 1. The van der Waals surface area contributed by atoms with Gasteiger partial charge < -0.3 is 16.0 Å². The fourth-order valence-electron chi connectivity index (χ4n) is 3.70. The molecule has 1 aliphatic rings. The summed E-state index contributed by atoms with van der Waals surface area (Å²) in [4.78, 5) is 51.1. The van der Waals surface area contributed by atoms with E-state index in [1.54, 1.807) is 11.8 Å². The molecule has 9 heteroatoms. The van der Waals surface area contributed by atoms with Gasteiger partial charge in [0.2, 0.25) is 5.91 Å². The number of aryl methyl sites for hydroxylation is 2. The third-order valence-corrected chi connectivity index (χ3v) is 5.58. The third-order valence-electron chi connectivity index (χ3n) is 5.58. The standard InChI is InChI=1S/C24H29N5O4/c1-17-7-6-10-19(15-17)28(14-12-20(25)30)16-21(31)27-29-22(32)24(2,26-23(29)33)13-11-18-8-4-3-5-9-18/h3-10,15H,11-14,16H2,1-2H3,(H2,25,30)(H,26,33)(H,27,31)/t24-/m1/s1. The third kappa shape index (κ3) is 6.09. The zero-order valence-corrected chi connectivity index (χ0v) is 18.8. The number of nitrogens with one attached hydrogen (secondary N) is 2. The number of imide groups is 1. The minimum absolute atomic E-state index is 0.0575. The number of carbonyl (C=O) groups excluding carboxylic acids is 4. The van der Waals surface area contributed by atoms with Gasteiger partial charge in [0.1, 0.15) is 5.54 Å². The van der Waals surface area contributed by atoms with Gasteiger partial charge in [-0.15, -0.1) is 0 Å². The van der Waals surface area contributed by atoms with Gasteiger partial charge in [0.25, 0.3) is 11.8 Å². The lowest BCUT2D eigenvalue weighted by Crippen LogP contribution is -2.51. The van der Waals surface area contributed by atoms with Crippen molar-refractivity contribution in [2.75, 3.05) is 18.0 Å². The number of nitrogens with zero attached hydrogens (tertiary/aromatic N) is 2. The van der Waals surface area contributed by atoms with Crippen LogP contribution in [0, 0.1) is 6.92 Å². The van der Waals surface area contributed by atoms with E-state index in [9.17, 15) is 19.2 Å². The number of anilines is 1. The Bertz CT molecular complexity index is 1040. The van der Waals surface area contributed by atoms with Crippen molar-refractivity contribution < 1.29 is 19.2 Å². The van der Waals surface area contributed by atoms with Crippen LogP contribution in [-0.2, 0) is 20.8 Å². The molecule has 0 spiro atoms. The summed E-state index contributed by atoms with van der Waals surface area (Å²) in [6.07, 6.45) is 1.04. The topological polar surface area (TPSA) is 125 Å². The highest BCUT2D eigenvalue weighted by molar-refractivity contribution is 6.07. The normalized spacial score (nSPS) is 17.6. The van der Waals surface area contributed by atoms with Crippen molar-refractivity contribution in [3.63, 3.8) is 0 Å². The van der Waals surface area contributed by atoms with Gasteiger partial charge in [-0.3, -0.25) is 19.8 Å². The van der Waals surface area contributed by atoms with Crippen molar-refractivity contribution in [3.8, 4) is 0 Å². The summed E-state index contributed by atoms with van der Waals surface area (Å²) in [6.45, 7) is 3.63. The molecular formula is C24H29N5O4. The Labute approximate surface area is 192 Å². The molecule has 33 heavy (non-hydrogen) atoms. The minimum Gasteiger partial charge on any atom is -0.370 e. The fraction of sp³-hybridized carbons (Fsp3) is 0.333. The van der Waals surface area contributed by atoms with Gasteiger partial charge in [-0.25, -0.2) is 4.79 Å². The summed E-state index contributed by atoms with van der Waals surface area (Å²) in [5.41, 5.74) is 9.33. The molecule has 0 radical (unpaired) electrons. The van der Waals surface area contributed by atoms with Gasteiger partial charge in [-0.1, -0.05) is 42.5 Å². The van der Waals surface area contributed by atoms with Gasteiger partial charge in [0.15, 0.2) is 0 Å². The largest absolute Gasteiger partial charge is 0.370 e. The van der Waals surface area contributed by atoms with Gasteiger partial charge in [-0.2, -0.15) is 5.01 Å². The number of rotatable bonds is 10. The molecule has 1 aliphatic heterocycles. The van der Waals surface area contributed by atoms with Crippen molar-refractivity contribution in [1.82, 2.24) is 15.8 Å². The van der Waals surface area contributed by atoms with Gasteiger partial charge in [-0.05, 0) is 49.9 Å². The van der Waals surface area contributed by atoms with E-state index in [-0.39, 0.29) is 19.5 Å². The zero-order valence-electron chi connectivity index (χ0n) is 18.8. The monoisotopic (exact) mass is 451 g/mol. The molecule has 0 bridgehead atoms. The van der Waals surface area contributed by atoms with E-state index in [4.69, 9.17) is 5.73 Å². The minimum atomic E-state index is -1.12. The number of amides is 5. The maximum atomic E-state index is 13.0. The first-order chi connectivity index (χ1) is 15.7. The molecule has 9 nitrogen and oxygen atoms in total. The molecule has 5 amide bonds. The average Bonchev–Trinajstić information content (AvgIpc) is 2.99. The zero-order chi connectivity index (χ0) is 24.0. The number of carbonyl (C=O) groups is 4. The van der Waals surface area contributed by atoms with Crippen LogP contribution in [0.15, 0.2) is 54.6 Å². The first-order valence-corrected chi connectivity index (χ1v) is 10.8. The smallest absolute Gasteiger partial charge is 0.344 e. The SMILES string of the molecule is Cc1cccc(N(CCC(N)=O)CC(=O)NN2C(=O)N[C@](C)(CCc3ccccc3)C2=O)c1. The molecule has 0 unspecified atom stereocenters. The number of primary amides is 1. The molecule has 0 aliphatic carbocycles. The Morgan fingerprint density at radius 3 is 2.52 bits per heavy atom. The van der Waals surface area contributed by atoms with Crippen LogP contribution in [-0.4, -0.2) is 47.4 Å². The molecule has 1 heterocycles. The first kappa shape index (κ1) is 23.8. The van der Waals surface area contributed by atoms with Crippen molar-refractivity contribution in [2.24, 2.45) is 5.73 Å². The lowest BCUT2D eigenvalue weighted by molar-refractivity contribution is -0.138. The molecule has 0 saturated carbocycles. The summed E-state index contributed by atoms with van der Waals surface area (Å²) in [5, 5.41) is 3.42. The Morgan fingerprint density at radius 2 is 1.85 bits per heavy atom. The molecule has 2 aromatic rings. The lowest BCUT2D eigenvalue weighted by atomic mass is 9.93. The number of hydrogen-bond acceptors (Lipinski definition) is 5. The number of benzene rings is 2. The summed E-state index contributed by atoms with van der Waals surface area (Å²) in [7, 11) is 0. The second kappa shape index (κ2) is 10.2. The van der Waals surface area contributed by atoms with Crippen LogP contribution in [0.2, 0.25) is 0 Å². The molecular weight excluding hydrogens is 422 g/mol. The van der Waals surface area contributed by atoms with E-state index < -0.39 is 29.3 Å². The van der Waals surface area contributed by atoms with Gasteiger partial charge >= 0.3 is 6.03 Å². The molecule has 1 saturated heterocycles. The van der Waals surface area contributed by atoms with Gasteiger partial charge in [0, 0.05) is 18.7 Å². The van der Waals surface area contributed by atoms with Crippen LogP contribution in [0.25, 0.3) is 0 Å². The second-order valence-electron chi connectivity index (χ2n) is 8.40. The second-order valence-corrected chi connectivity index (χ2v) is 8.40. The molecule has 3 rings (SSSR count). The Morgan fingerprint density at radius 1 is 1.12 bits per heavy atom. The van der Waals surface area contributed by atoms with Gasteiger partial charge in [0.05, 0.1) is 6.54 Å². The quantitative estimate of drug-likeness (QED) is 0.474. The van der Waals surface area contributed by atoms with Crippen molar-refractivity contribution in [2.45, 2.75) is 38.6 Å². The van der Waals surface area contributed by atoms with E-state index in [0.717, 1.165) is 21.8 Å². The van der Waals surface area contributed by atoms with Crippen molar-refractivity contribution >= 4 is 29.4 Å². The first-order valence-electron chi connectivity index (χ1n) is 10.8. The maximum Gasteiger partial charge on any atom is 0.344 e. The van der Waals surface area contributed by atoms with E-state index in [1.807, 2.05) is 61.5 Å². The highest BCUT2D eigenvalue weighted by atomic mass is 16.2. The van der Waals surface area contributed by atoms with Crippen molar-refractivity contribution in [3.05, 3.63) is 65.7 Å². The predicted molar refractivity (Wildman–Crippen MR) is 124 cm³/mol. The van der Waals surface area contributed by atoms with Crippen LogP contribution in [0.1, 0.15) is 30.9 Å². The average molecular weight is 452 g/mol. The Kier molecular flexibility index (Phi) is 7.32. The predicted octanol–water partition coefficient (Wildman–Crippen LogP) is 1.65. The van der Waals surface area contributed by atoms with E-state index >= 15 is 0 Å². The molecule has 4 N–H and O–H groups in total. The number of hydrazine groups is 1. The number of nitrogens with two attached hydrogens (primary N) is 1. The highest BCUT2D eigenvalue weighted by Crippen LogP contribution is 2.22. The van der Waals surface area contributed by atoms with Crippen LogP contribution in [0.3, 0.4) is 0 Å². The summed E-state index contributed by atoms with van der Waals surface area (Å²) < 4.78 is 0. The maximum absolute atomic E-state index is 13.0. The molecule has 174 valence electrons. The van der Waals surface area contributed by atoms with Crippen LogP contribution < -0.4 is 21.4 Å².